The van der Waals surface area contributed by atoms with Crippen LogP contribution < -0.4 is 5.43 Å². The van der Waals surface area contributed by atoms with Crippen LogP contribution in [0.4, 0.5) is 4.39 Å². The maximum atomic E-state index is 14.1. The van der Waals surface area contributed by atoms with Gasteiger partial charge in [-0.2, -0.15) is 5.10 Å². The quantitative estimate of drug-likeness (QED) is 0.763. The predicted octanol–water partition coefficient (Wildman–Crippen LogP) is 2.42. The highest BCUT2D eigenvalue weighted by Crippen LogP contribution is 2.39. The third-order valence-electron chi connectivity index (χ3n) is 4.62. The highest BCUT2D eigenvalue weighted by Gasteiger charge is 2.31. The molecule has 2 aromatic carbocycles. The molecule has 0 bridgehead atoms. The number of carbonyl (C=O) groups is 1. The number of amides is 1. The molecule has 28 heavy (non-hydrogen) atoms. The van der Waals surface area contributed by atoms with Gasteiger partial charge in [0, 0.05) is 30.8 Å². The number of phenolic OH excluding ortho intramolecular Hbond substituents is 1. The summed E-state index contributed by atoms with van der Waals surface area (Å²) in [5.74, 6) is -1.34. The first-order valence-electron chi connectivity index (χ1n) is 8.54. The maximum Gasteiger partial charge on any atom is 0.271 e. The van der Waals surface area contributed by atoms with E-state index in [4.69, 9.17) is 0 Å². The Labute approximate surface area is 162 Å². The molecule has 1 amide bonds. The number of hydrazone groups is 1. The summed E-state index contributed by atoms with van der Waals surface area (Å²) in [6, 6.07) is 8.03. The molecule has 0 saturated heterocycles. The number of fused-ring (bicyclic) bond motifs is 1. The van der Waals surface area contributed by atoms with E-state index in [0.717, 1.165) is 4.31 Å². The van der Waals surface area contributed by atoms with Crippen molar-refractivity contribution in [3.8, 4) is 5.75 Å². The first-order valence-corrected chi connectivity index (χ1v) is 9.98. The number of sulfonamides is 1. The Balaban J connectivity index is 1.88. The van der Waals surface area contributed by atoms with Gasteiger partial charge in [0.15, 0.2) is 0 Å². The smallest absolute Gasteiger partial charge is 0.271 e. The largest absolute Gasteiger partial charge is 0.507 e. The van der Waals surface area contributed by atoms with E-state index in [9.17, 15) is 22.7 Å². The molecule has 9 heteroatoms. The van der Waals surface area contributed by atoms with E-state index in [1.807, 2.05) is 0 Å². The number of halogens is 1. The van der Waals surface area contributed by atoms with Crippen LogP contribution in [0.2, 0.25) is 0 Å². The van der Waals surface area contributed by atoms with E-state index >= 15 is 0 Å². The van der Waals surface area contributed by atoms with E-state index in [1.165, 1.54) is 50.5 Å². The van der Waals surface area contributed by atoms with Gasteiger partial charge in [0.1, 0.15) is 11.6 Å². The van der Waals surface area contributed by atoms with Gasteiger partial charge in [-0.1, -0.05) is 13.0 Å². The van der Waals surface area contributed by atoms with Gasteiger partial charge >= 0.3 is 0 Å². The molecule has 3 rings (SSSR count). The number of benzene rings is 2. The Kier molecular flexibility index (Phi) is 5.22. The van der Waals surface area contributed by atoms with Crippen molar-refractivity contribution in [3.63, 3.8) is 0 Å². The van der Waals surface area contributed by atoms with Crippen molar-refractivity contribution in [2.75, 3.05) is 14.1 Å². The molecule has 0 radical (unpaired) electrons. The van der Waals surface area contributed by atoms with Crippen molar-refractivity contribution < 1.29 is 22.7 Å². The van der Waals surface area contributed by atoms with E-state index < -0.39 is 21.7 Å². The third-order valence-corrected chi connectivity index (χ3v) is 6.43. The van der Waals surface area contributed by atoms with Gasteiger partial charge in [0.05, 0.1) is 10.6 Å². The average molecular weight is 405 g/mol. The lowest BCUT2D eigenvalue weighted by Crippen LogP contribution is -2.23. The van der Waals surface area contributed by atoms with E-state index in [-0.39, 0.29) is 27.7 Å². The fourth-order valence-electron chi connectivity index (χ4n) is 3.15. The summed E-state index contributed by atoms with van der Waals surface area (Å²) in [5.41, 5.74) is 3.50. The number of nitrogens with one attached hydrogen (secondary N) is 1. The second kappa shape index (κ2) is 7.33. The summed E-state index contributed by atoms with van der Waals surface area (Å²) < 4.78 is 39.6. The first-order chi connectivity index (χ1) is 13.1. The second-order valence-corrected chi connectivity index (χ2v) is 8.93. The molecule has 2 aromatic rings. The zero-order valence-corrected chi connectivity index (χ0v) is 16.4. The lowest BCUT2D eigenvalue weighted by atomic mass is 10.0. The van der Waals surface area contributed by atoms with Crippen LogP contribution in [0.1, 0.15) is 40.7 Å². The fraction of sp³-hybridized carbons (Fsp3) is 0.263. The van der Waals surface area contributed by atoms with Gasteiger partial charge in [-0.05, 0) is 42.7 Å². The Bertz CT molecular complexity index is 1080. The molecule has 1 aliphatic rings. The molecule has 1 aliphatic carbocycles. The molecule has 2 N–H and O–H groups in total. The van der Waals surface area contributed by atoms with Crippen LogP contribution in [0.3, 0.4) is 0 Å². The first kappa shape index (κ1) is 20.0. The van der Waals surface area contributed by atoms with Crippen LogP contribution in [0.5, 0.6) is 5.75 Å². The molecule has 1 atom stereocenters. The minimum Gasteiger partial charge on any atom is -0.507 e. The monoisotopic (exact) mass is 405 g/mol. The molecule has 0 aliphatic heterocycles. The van der Waals surface area contributed by atoms with Gasteiger partial charge in [-0.3, -0.25) is 4.79 Å². The summed E-state index contributed by atoms with van der Waals surface area (Å²) in [6.45, 7) is 1.81. The lowest BCUT2D eigenvalue weighted by Gasteiger charge is -2.12. The van der Waals surface area contributed by atoms with Crippen LogP contribution in [-0.2, 0) is 10.0 Å². The van der Waals surface area contributed by atoms with Gasteiger partial charge in [0.2, 0.25) is 10.0 Å². The van der Waals surface area contributed by atoms with Crippen LogP contribution >= 0.6 is 0 Å². The zero-order valence-electron chi connectivity index (χ0n) is 15.6. The maximum absolute atomic E-state index is 14.1. The Morgan fingerprint density at radius 3 is 2.68 bits per heavy atom. The van der Waals surface area contributed by atoms with Gasteiger partial charge in [-0.25, -0.2) is 22.5 Å². The van der Waals surface area contributed by atoms with Crippen molar-refractivity contribution in [1.82, 2.24) is 9.73 Å². The number of carbonyl (C=O) groups excluding carboxylic acids is 1. The number of nitrogens with zero attached hydrogens (tertiary/aromatic N) is 2. The summed E-state index contributed by atoms with van der Waals surface area (Å²) in [5, 5.41) is 14.1. The summed E-state index contributed by atoms with van der Waals surface area (Å²) in [6.07, 6.45) is 0.360. The van der Waals surface area contributed by atoms with Crippen LogP contribution in [0.25, 0.3) is 0 Å². The van der Waals surface area contributed by atoms with Gasteiger partial charge < -0.3 is 5.11 Å². The van der Waals surface area contributed by atoms with Crippen molar-refractivity contribution in [3.05, 3.63) is 58.9 Å². The topological polar surface area (TPSA) is 99.1 Å². The van der Waals surface area contributed by atoms with E-state index in [1.54, 1.807) is 6.92 Å². The second-order valence-electron chi connectivity index (χ2n) is 6.78. The molecule has 0 aromatic heterocycles. The molecule has 0 heterocycles. The number of hydrogen-bond donors (Lipinski definition) is 2. The standard InChI is InChI=1S/C19H20FN3O4S/c1-11-9-15(18-16(24)8-7-14(20)17(11)18)21-22-19(25)12-5-4-6-13(10-12)28(26,27)23(2)3/h4-8,10-11,24H,9H2,1-3H3,(H,22,25)/b21-15+/t11-/m1/s1. The molecule has 0 spiro atoms. The summed E-state index contributed by atoms with van der Waals surface area (Å²) in [7, 11) is -0.876. The zero-order chi connectivity index (χ0) is 20.6. The van der Waals surface area contributed by atoms with Crippen molar-refractivity contribution in [2.45, 2.75) is 24.2 Å². The van der Waals surface area contributed by atoms with Crippen molar-refractivity contribution >= 4 is 21.6 Å². The molecule has 0 saturated carbocycles. The van der Waals surface area contributed by atoms with Crippen molar-refractivity contribution in [1.29, 1.82) is 0 Å². The van der Waals surface area contributed by atoms with E-state index in [0.29, 0.717) is 17.7 Å². The number of phenols is 1. The summed E-state index contributed by atoms with van der Waals surface area (Å²) in [4.78, 5) is 12.4. The minimum absolute atomic E-state index is 0.0163. The van der Waals surface area contributed by atoms with Crippen molar-refractivity contribution in [2.24, 2.45) is 5.10 Å². The SMILES string of the molecule is C[C@@H]1C/C(=N\NC(=O)c2cccc(S(=O)(=O)N(C)C)c2)c2c(O)ccc(F)c21. The normalized spacial score (nSPS) is 17.8. The molecular formula is C19H20FN3O4S. The van der Waals surface area contributed by atoms with Gasteiger partial charge in [0.25, 0.3) is 5.91 Å². The molecular weight excluding hydrogens is 385 g/mol. The molecule has 0 fully saturated rings. The predicted molar refractivity (Wildman–Crippen MR) is 102 cm³/mol. The number of rotatable bonds is 4. The lowest BCUT2D eigenvalue weighted by molar-refractivity contribution is 0.0954. The molecule has 7 nitrogen and oxygen atoms in total. The van der Waals surface area contributed by atoms with Crippen LogP contribution in [-0.4, -0.2) is 43.5 Å². The average Bonchev–Trinajstić information content (AvgIpc) is 3.00. The summed E-state index contributed by atoms with van der Waals surface area (Å²) >= 11 is 0. The van der Waals surface area contributed by atoms with Crippen LogP contribution in [0.15, 0.2) is 46.4 Å². The fourth-order valence-corrected chi connectivity index (χ4v) is 4.10. The Morgan fingerprint density at radius 1 is 1.29 bits per heavy atom. The number of aromatic hydroxyl groups is 1. The molecule has 0 unspecified atom stereocenters. The Hall–Kier alpha value is -2.78. The third kappa shape index (κ3) is 3.50. The number of hydrogen-bond acceptors (Lipinski definition) is 5. The minimum atomic E-state index is -3.68. The van der Waals surface area contributed by atoms with Gasteiger partial charge in [-0.15, -0.1) is 0 Å². The highest BCUT2D eigenvalue weighted by atomic mass is 32.2. The van der Waals surface area contributed by atoms with Crippen LogP contribution in [0, 0.1) is 5.82 Å². The Morgan fingerprint density at radius 2 is 2.00 bits per heavy atom. The molecule has 148 valence electrons. The highest BCUT2D eigenvalue weighted by molar-refractivity contribution is 7.89. The van der Waals surface area contributed by atoms with E-state index in [2.05, 4.69) is 10.5 Å².